The Kier molecular flexibility index (Phi) is 5.61. The van der Waals surface area contributed by atoms with Crippen molar-refractivity contribution in [2.45, 2.75) is 6.54 Å². The first kappa shape index (κ1) is 15.1. The number of hydrogen-bond acceptors (Lipinski definition) is 2. The van der Waals surface area contributed by atoms with Gasteiger partial charge in [-0.05, 0) is 59.0 Å². The van der Waals surface area contributed by atoms with Crippen LogP contribution < -0.4 is 5.73 Å². The van der Waals surface area contributed by atoms with Gasteiger partial charge in [-0.2, -0.15) is 0 Å². The van der Waals surface area contributed by atoms with Gasteiger partial charge in [0.1, 0.15) is 0 Å². The second kappa shape index (κ2) is 7.45. The average molecular weight is 378 g/mol. The fourth-order valence-corrected chi connectivity index (χ4v) is 2.34. The molecular formula is C17H19IN2. The molecule has 0 aliphatic heterocycles. The number of halogens is 1. The summed E-state index contributed by atoms with van der Waals surface area (Å²) in [7, 11) is 2.10. The number of likely N-dealkylation sites (N-methyl/N-ethyl adjacent to an activating group) is 1. The normalized spacial score (nSPS) is 11.3. The van der Waals surface area contributed by atoms with Crippen LogP contribution in [0, 0.1) is 3.57 Å². The van der Waals surface area contributed by atoms with E-state index in [1.165, 1.54) is 14.7 Å². The molecule has 20 heavy (non-hydrogen) atoms. The van der Waals surface area contributed by atoms with Gasteiger partial charge >= 0.3 is 0 Å². The van der Waals surface area contributed by atoms with Gasteiger partial charge in [0.15, 0.2) is 0 Å². The van der Waals surface area contributed by atoms with Crippen molar-refractivity contribution in [3.05, 3.63) is 69.3 Å². The third-order valence-corrected chi connectivity index (χ3v) is 3.81. The molecule has 0 aliphatic carbocycles. The number of para-hydroxylation sites is 1. The highest BCUT2D eigenvalue weighted by molar-refractivity contribution is 14.1. The Morgan fingerprint density at radius 1 is 1.10 bits per heavy atom. The van der Waals surface area contributed by atoms with E-state index < -0.39 is 0 Å². The lowest BCUT2D eigenvalue weighted by molar-refractivity contribution is 0.364. The number of nitrogens with two attached hydrogens (primary N) is 1. The maximum Gasteiger partial charge on any atom is 0.0359 e. The number of nitrogens with zero attached hydrogens (tertiary/aromatic N) is 1. The maximum atomic E-state index is 5.96. The minimum Gasteiger partial charge on any atom is -0.398 e. The van der Waals surface area contributed by atoms with Crippen LogP contribution in [0.15, 0.2) is 54.6 Å². The molecule has 104 valence electrons. The van der Waals surface area contributed by atoms with Crippen molar-refractivity contribution in [2.75, 3.05) is 19.3 Å². The lowest BCUT2D eigenvalue weighted by Gasteiger charge is -2.15. The van der Waals surface area contributed by atoms with Crippen LogP contribution in [0.1, 0.15) is 11.1 Å². The van der Waals surface area contributed by atoms with Gasteiger partial charge < -0.3 is 5.73 Å². The van der Waals surface area contributed by atoms with Gasteiger partial charge in [-0.25, -0.2) is 0 Å². The number of hydrogen-bond donors (Lipinski definition) is 1. The quantitative estimate of drug-likeness (QED) is 0.629. The highest BCUT2D eigenvalue weighted by Crippen LogP contribution is 2.13. The van der Waals surface area contributed by atoms with E-state index in [0.717, 1.165) is 18.8 Å². The van der Waals surface area contributed by atoms with Crippen LogP contribution in [0.25, 0.3) is 6.08 Å². The molecule has 0 spiro atoms. The van der Waals surface area contributed by atoms with E-state index in [0.29, 0.717) is 0 Å². The smallest absolute Gasteiger partial charge is 0.0359 e. The Morgan fingerprint density at radius 2 is 1.80 bits per heavy atom. The van der Waals surface area contributed by atoms with Crippen molar-refractivity contribution in [1.29, 1.82) is 0 Å². The lowest BCUT2D eigenvalue weighted by Crippen LogP contribution is -2.18. The number of benzene rings is 2. The molecule has 0 aliphatic rings. The van der Waals surface area contributed by atoms with Crippen molar-refractivity contribution in [1.82, 2.24) is 4.90 Å². The Bertz CT molecular complexity index is 576. The second-order valence-corrected chi connectivity index (χ2v) is 6.10. The first-order chi connectivity index (χ1) is 9.65. The zero-order chi connectivity index (χ0) is 14.4. The van der Waals surface area contributed by atoms with Gasteiger partial charge in [-0.15, -0.1) is 0 Å². The third kappa shape index (κ3) is 4.65. The van der Waals surface area contributed by atoms with E-state index >= 15 is 0 Å². The minimum atomic E-state index is 0.862. The van der Waals surface area contributed by atoms with Crippen molar-refractivity contribution >= 4 is 34.4 Å². The summed E-state index contributed by atoms with van der Waals surface area (Å²) in [5, 5.41) is 0. The van der Waals surface area contributed by atoms with Crippen LogP contribution in [0.4, 0.5) is 5.69 Å². The summed E-state index contributed by atoms with van der Waals surface area (Å²) >= 11 is 2.32. The standard InChI is InChI=1S/C17H19IN2/c1-20(13-15-6-2-3-7-17(15)19)12-4-5-14-8-10-16(18)11-9-14/h2-11H,12-13,19H2,1H3/b5-4+. The van der Waals surface area contributed by atoms with Gasteiger partial charge in [0, 0.05) is 22.3 Å². The molecule has 2 rings (SSSR count). The molecule has 0 unspecified atom stereocenters. The van der Waals surface area contributed by atoms with E-state index in [2.05, 4.69) is 77.0 Å². The summed E-state index contributed by atoms with van der Waals surface area (Å²) in [6.45, 7) is 1.77. The van der Waals surface area contributed by atoms with Gasteiger partial charge in [-0.3, -0.25) is 4.90 Å². The van der Waals surface area contributed by atoms with Crippen LogP contribution in [-0.4, -0.2) is 18.5 Å². The molecule has 0 atom stereocenters. The largest absolute Gasteiger partial charge is 0.398 e. The highest BCUT2D eigenvalue weighted by Gasteiger charge is 2.01. The Hall–Kier alpha value is -1.33. The van der Waals surface area contributed by atoms with Crippen molar-refractivity contribution in [3.8, 4) is 0 Å². The first-order valence-electron chi connectivity index (χ1n) is 6.59. The monoisotopic (exact) mass is 378 g/mol. The van der Waals surface area contributed by atoms with E-state index in [4.69, 9.17) is 5.73 Å². The topological polar surface area (TPSA) is 29.3 Å². The maximum absolute atomic E-state index is 5.96. The van der Waals surface area contributed by atoms with Gasteiger partial charge in [0.05, 0.1) is 0 Å². The van der Waals surface area contributed by atoms with Crippen LogP contribution in [-0.2, 0) is 6.54 Å². The minimum absolute atomic E-state index is 0.862. The Morgan fingerprint density at radius 3 is 2.50 bits per heavy atom. The molecule has 0 saturated heterocycles. The predicted molar refractivity (Wildman–Crippen MR) is 95.4 cm³/mol. The molecule has 0 amide bonds. The summed E-state index contributed by atoms with van der Waals surface area (Å²) in [5.74, 6) is 0. The lowest BCUT2D eigenvalue weighted by atomic mass is 10.1. The van der Waals surface area contributed by atoms with E-state index in [9.17, 15) is 0 Å². The predicted octanol–water partition coefficient (Wildman–Crippen LogP) is 4.02. The molecule has 3 heteroatoms. The SMILES string of the molecule is CN(C/C=C/c1ccc(I)cc1)Cc1ccccc1N. The molecule has 2 N–H and O–H groups in total. The highest BCUT2D eigenvalue weighted by atomic mass is 127. The van der Waals surface area contributed by atoms with E-state index in [1.54, 1.807) is 0 Å². The molecule has 2 aromatic carbocycles. The number of nitrogen functional groups attached to an aromatic ring is 1. The van der Waals surface area contributed by atoms with Gasteiger partial charge in [-0.1, -0.05) is 42.5 Å². The van der Waals surface area contributed by atoms with E-state index in [-0.39, 0.29) is 0 Å². The average Bonchev–Trinajstić information content (AvgIpc) is 2.44. The summed E-state index contributed by atoms with van der Waals surface area (Å²) in [5.41, 5.74) is 9.23. The Labute approximate surface area is 134 Å². The fourth-order valence-electron chi connectivity index (χ4n) is 1.98. The third-order valence-electron chi connectivity index (χ3n) is 3.09. The molecule has 0 saturated carbocycles. The zero-order valence-corrected chi connectivity index (χ0v) is 13.7. The zero-order valence-electron chi connectivity index (χ0n) is 11.6. The van der Waals surface area contributed by atoms with Crippen molar-refractivity contribution < 1.29 is 0 Å². The molecule has 0 heterocycles. The van der Waals surface area contributed by atoms with Crippen LogP contribution in [0.2, 0.25) is 0 Å². The van der Waals surface area contributed by atoms with Crippen molar-refractivity contribution in [2.24, 2.45) is 0 Å². The summed E-state index contributed by atoms with van der Waals surface area (Å²) in [4.78, 5) is 2.24. The molecule has 0 radical (unpaired) electrons. The van der Waals surface area contributed by atoms with Gasteiger partial charge in [0.25, 0.3) is 0 Å². The summed E-state index contributed by atoms with van der Waals surface area (Å²) < 4.78 is 1.26. The summed E-state index contributed by atoms with van der Waals surface area (Å²) in [6, 6.07) is 16.5. The van der Waals surface area contributed by atoms with Crippen LogP contribution in [0.5, 0.6) is 0 Å². The fraction of sp³-hybridized carbons (Fsp3) is 0.176. The van der Waals surface area contributed by atoms with E-state index in [1.807, 2.05) is 18.2 Å². The molecule has 0 bridgehead atoms. The molecular weight excluding hydrogens is 359 g/mol. The van der Waals surface area contributed by atoms with Crippen molar-refractivity contribution in [3.63, 3.8) is 0 Å². The van der Waals surface area contributed by atoms with Gasteiger partial charge in [0.2, 0.25) is 0 Å². The molecule has 0 fully saturated rings. The molecule has 2 nitrogen and oxygen atoms in total. The Balaban J connectivity index is 1.87. The molecule has 0 aromatic heterocycles. The number of anilines is 1. The number of rotatable bonds is 5. The first-order valence-corrected chi connectivity index (χ1v) is 7.67. The second-order valence-electron chi connectivity index (χ2n) is 4.85. The summed E-state index contributed by atoms with van der Waals surface area (Å²) in [6.07, 6.45) is 4.34. The van der Waals surface area contributed by atoms with Crippen LogP contribution in [0.3, 0.4) is 0 Å². The van der Waals surface area contributed by atoms with Crippen LogP contribution >= 0.6 is 22.6 Å². The molecule has 2 aromatic rings.